The molecule has 0 saturated carbocycles. The molecule has 0 radical (unpaired) electrons. The van der Waals surface area contributed by atoms with E-state index in [1.54, 1.807) is 0 Å². The van der Waals surface area contributed by atoms with E-state index in [0.717, 1.165) is 18.5 Å². The highest BCUT2D eigenvalue weighted by Crippen LogP contribution is 2.27. The largest absolute Gasteiger partial charge is 0.309 e. The van der Waals surface area contributed by atoms with Crippen LogP contribution in [-0.2, 0) is 0 Å². The zero-order chi connectivity index (χ0) is 12.8. The standard InChI is InChI=1S/C16H23N/c1-6-14(3)16(11-12-17(4)5)15-9-7-13(2)8-10-15/h6-10,16H,1,3,11-12H2,2,4-5H3. The summed E-state index contributed by atoms with van der Waals surface area (Å²) in [5, 5.41) is 0. The van der Waals surface area contributed by atoms with Crippen LogP contribution in [0.2, 0.25) is 0 Å². The minimum Gasteiger partial charge on any atom is -0.309 e. The molecule has 1 atom stereocenters. The summed E-state index contributed by atoms with van der Waals surface area (Å²) >= 11 is 0. The monoisotopic (exact) mass is 229 g/mol. The van der Waals surface area contributed by atoms with Gasteiger partial charge in [-0.15, -0.1) is 0 Å². The Hall–Kier alpha value is -1.34. The molecule has 0 spiro atoms. The van der Waals surface area contributed by atoms with Gasteiger partial charge in [-0.3, -0.25) is 0 Å². The fourth-order valence-electron chi connectivity index (χ4n) is 1.89. The lowest BCUT2D eigenvalue weighted by Crippen LogP contribution is -2.16. The van der Waals surface area contributed by atoms with E-state index in [-0.39, 0.29) is 0 Å². The third-order valence-corrected chi connectivity index (χ3v) is 3.05. The van der Waals surface area contributed by atoms with Crippen LogP contribution < -0.4 is 0 Å². The van der Waals surface area contributed by atoms with E-state index in [1.165, 1.54) is 11.1 Å². The van der Waals surface area contributed by atoms with Gasteiger partial charge in [0.2, 0.25) is 0 Å². The van der Waals surface area contributed by atoms with Crippen LogP contribution in [0.5, 0.6) is 0 Å². The molecule has 0 aliphatic carbocycles. The summed E-state index contributed by atoms with van der Waals surface area (Å²) in [6.45, 7) is 11.1. The van der Waals surface area contributed by atoms with Crippen LogP contribution in [0, 0.1) is 6.92 Å². The van der Waals surface area contributed by atoms with Crippen LogP contribution in [0.4, 0.5) is 0 Å². The zero-order valence-electron chi connectivity index (χ0n) is 11.2. The van der Waals surface area contributed by atoms with Crippen molar-refractivity contribution in [3.8, 4) is 0 Å². The highest BCUT2D eigenvalue weighted by atomic mass is 15.0. The Labute approximate surface area is 105 Å². The van der Waals surface area contributed by atoms with Gasteiger partial charge in [0, 0.05) is 5.92 Å². The highest BCUT2D eigenvalue weighted by molar-refractivity contribution is 5.34. The van der Waals surface area contributed by atoms with E-state index < -0.39 is 0 Å². The number of hydrogen-bond donors (Lipinski definition) is 0. The lowest BCUT2D eigenvalue weighted by Gasteiger charge is -2.20. The van der Waals surface area contributed by atoms with Gasteiger partial charge < -0.3 is 4.90 Å². The van der Waals surface area contributed by atoms with Gasteiger partial charge in [0.15, 0.2) is 0 Å². The molecule has 1 aromatic rings. The second-order valence-electron chi connectivity index (χ2n) is 4.83. The van der Waals surface area contributed by atoms with E-state index in [9.17, 15) is 0 Å². The molecule has 0 saturated heterocycles. The molecule has 0 fully saturated rings. The molecular formula is C16H23N. The quantitative estimate of drug-likeness (QED) is 0.671. The molecule has 1 aromatic carbocycles. The third-order valence-electron chi connectivity index (χ3n) is 3.05. The molecule has 17 heavy (non-hydrogen) atoms. The van der Waals surface area contributed by atoms with Crippen molar-refractivity contribution < 1.29 is 0 Å². The number of hydrogen-bond acceptors (Lipinski definition) is 1. The molecule has 0 aliphatic rings. The molecule has 1 rings (SSSR count). The molecule has 1 unspecified atom stereocenters. The summed E-state index contributed by atoms with van der Waals surface area (Å²) in [6, 6.07) is 8.72. The number of aryl methyl sites for hydroxylation is 1. The first kappa shape index (κ1) is 13.7. The number of nitrogens with zero attached hydrogens (tertiary/aromatic N) is 1. The van der Waals surface area contributed by atoms with Crippen molar-refractivity contribution in [2.75, 3.05) is 20.6 Å². The molecule has 0 aliphatic heterocycles. The van der Waals surface area contributed by atoms with E-state index in [4.69, 9.17) is 0 Å². The average molecular weight is 229 g/mol. The van der Waals surface area contributed by atoms with E-state index in [0.29, 0.717) is 5.92 Å². The Morgan fingerprint density at radius 1 is 1.29 bits per heavy atom. The number of benzene rings is 1. The number of rotatable bonds is 6. The summed E-state index contributed by atoms with van der Waals surface area (Å²) in [5.74, 6) is 0.385. The predicted octanol–water partition coefficient (Wildman–Crippen LogP) is 3.77. The molecule has 1 heteroatoms. The van der Waals surface area contributed by atoms with E-state index in [2.05, 4.69) is 63.3 Å². The van der Waals surface area contributed by atoms with Crippen LogP contribution in [0.15, 0.2) is 49.1 Å². The fourth-order valence-corrected chi connectivity index (χ4v) is 1.89. The van der Waals surface area contributed by atoms with Gasteiger partial charge in [0.1, 0.15) is 0 Å². The highest BCUT2D eigenvalue weighted by Gasteiger charge is 2.13. The molecule has 0 N–H and O–H groups in total. The maximum atomic E-state index is 4.11. The summed E-state index contributed by atoms with van der Waals surface area (Å²) in [7, 11) is 4.20. The minimum absolute atomic E-state index is 0.385. The van der Waals surface area contributed by atoms with Crippen molar-refractivity contribution in [3.63, 3.8) is 0 Å². The first-order chi connectivity index (χ1) is 8.04. The van der Waals surface area contributed by atoms with Gasteiger partial charge in [0.25, 0.3) is 0 Å². The van der Waals surface area contributed by atoms with Crippen LogP contribution >= 0.6 is 0 Å². The normalized spacial score (nSPS) is 12.5. The van der Waals surface area contributed by atoms with Crippen molar-refractivity contribution in [2.45, 2.75) is 19.3 Å². The smallest absolute Gasteiger partial charge is 0.00954 e. The van der Waals surface area contributed by atoms with Gasteiger partial charge in [-0.2, -0.15) is 0 Å². The SMILES string of the molecule is C=CC(=C)C(CCN(C)C)c1ccc(C)cc1. The minimum atomic E-state index is 0.385. The second-order valence-corrected chi connectivity index (χ2v) is 4.83. The van der Waals surface area contributed by atoms with Crippen molar-refractivity contribution >= 4 is 0 Å². The van der Waals surface area contributed by atoms with Gasteiger partial charge in [0.05, 0.1) is 0 Å². The van der Waals surface area contributed by atoms with E-state index in [1.807, 2.05) is 6.08 Å². The van der Waals surface area contributed by atoms with Gasteiger partial charge >= 0.3 is 0 Å². The molecule has 0 bridgehead atoms. The number of allylic oxidation sites excluding steroid dienone is 2. The molecule has 92 valence electrons. The first-order valence-corrected chi connectivity index (χ1v) is 6.07. The first-order valence-electron chi connectivity index (χ1n) is 6.07. The average Bonchev–Trinajstić information content (AvgIpc) is 2.30. The summed E-state index contributed by atoms with van der Waals surface area (Å²) in [5.41, 5.74) is 3.74. The van der Waals surface area contributed by atoms with Crippen LogP contribution in [0.1, 0.15) is 23.5 Å². The van der Waals surface area contributed by atoms with Crippen LogP contribution in [-0.4, -0.2) is 25.5 Å². The maximum Gasteiger partial charge on any atom is 0.00954 e. The summed E-state index contributed by atoms with van der Waals surface area (Å²) in [4.78, 5) is 2.21. The molecule has 0 heterocycles. The fraction of sp³-hybridized carbons (Fsp3) is 0.375. The van der Waals surface area contributed by atoms with Crippen molar-refractivity contribution in [1.29, 1.82) is 0 Å². The zero-order valence-corrected chi connectivity index (χ0v) is 11.2. The second kappa shape index (κ2) is 6.41. The third kappa shape index (κ3) is 4.20. The molecular weight excluding hydrogens is 206 g/mol. The molecule has 1 nitrogen and oxygen atoms in total. The topological polar surface area (TPSA) is 3.24 Å². The van der Waals surface area contributed by atoms with Crippen LogP contribution in [0.25, 0.3) is 0 Å². The summed E-state index contributed by atoms with van der Waals surface area (Å²) in [6.07, 6.45) is 2.96. The van der Waals surface area contributed by atoms with Gasteiger partial charge in [-0.05, 0) is 45.1 Å². The Morgan fingerprint density at radius 3 is 2.35 bits per heavy atom. The predicted molar refractivity (Wildman–Crippen MR) is 76.4 cm³/mol. The Bertz CT molecular complexity index is 373. The molecule has 0 amide bonds. The van der Waals surface area contributed by atoms with E-state index >= 15 is 0 Å². The Morgan fingerprint density at radius 2 is 1.88 bits per heavy atom. The Balaban J connectivity index is 2.85. The van der Waals surface area contributed by atoms with Gasteiger partial charge in [-0.25, -0.2) is 0 Å². The van der Waals surface area contributed by atoms with Crippen molar-refractivity contribution in [3.05, 3.63) is 60.2 Å². The van der Waals surface area contributed by atoms with Crippen LogP contribution in [0.3, 0.4) is 0 Å². The lowest BCUT2D eigenvalue weighted by atomic mass is 9.88. The Kier molecular flexibility index (Phi) is 5.17. The van der Waals surface area contributed by atoms with Crippen molar-refractivity contribution in [2.24, 2.45) is 0 Å². The molecule has 0 aromatic heterocycles. The summed E-state index contributed by atoms with van der Waals surface area (Å²) < 4.78 is 0. The maximum absolute atomic E-state index is 4.11. The van der Waals surface area contributed by atoms with Crippen molar-refractivity contribution in [1.82, 2.24) is 4.90 Å². The lowest BCUT2D eigenvalue weighted by molar-refractivity contribution is 0.390. The van der Waals surface area contributed by atoms with Gasteiger partial charge in [-0.1, -0.05) is 49.1 Å².